The van der Waals surface area contributed by atoms with Gasteiger partial charge >= 0.3 is 0 Å². The summed E-state index contributed by atoms with van der Waals surface area (Å²) < 4.78 is 26.6. The Labute approximate surface area is 177 Å². The van der Waals surface area contributed by atoms with Crippen LogP contribution in [0.4, 0.5) is 0 Å². The fraction of sp³-hybridized carbons (Fsp3) is 0.429. The first kappa shape index (κ1) is 21.8. The number of hydrogen-bond donors (Lipinski definition) is 1. The third-order valence-electron chi connectivity index (χ3n) is 4.88. The molecule has 0 saturated carbocycles. The molecule has 1 atom stereocenters. The molecule has 2 aromatic rings. The summed E-state index contributed by atoms with van der Waals surface area (Å²) in [6.45, 7) is 3.23. The van der Waals surface area contributed by atoms with Crippen LogP contribution in [-0.4, -0.2) is 42.5 Å². The Hall–Kier alpha value is -1.90. The van der Waals surface area contributed by atoms with Crippen LogP contribution in [0.1, 0.15) is 44.2 Å². The van der Waals surface area contributed by atoms with Crippen LogP contribution in [0.3, 0.4) is 0 Å². The minimum absolute atomic E-state index is 0.00441. The summed E-state index contributed by atoms with van der Waals surface area (Å²) in [6.07, 6.45) is 5.04. The number of rotatable bonds is 9. The molecular formula is C21H27N3O3S2. The fourth-order valence-electron chi connectivity index (χ4n) is 3.35. The molecule has 6 nitrogen and oxygen atoms in total. The first-order valence-corrected chi connectivity index (χ1v) is 12.4. The Bertz CT molecular complexity index is 897. The monoisotopic (exact) mass is 433 g/mol. The molecule has 0 bridgehead atoms. The predicted molar refractivity (Wildman–Crippen MR) is 115 cm³/mol. The van der Waals surface area contributed by atoms with Gasteiger partial charge in [-0.15, -0.1) is 0 Å². The van der Waals surface area contributed by atoms with Crippen molar-refractivity contribution in [2.24, 2.45) is 0 Å². The second-order valence-electron chi connectivity index (χ2n) is 7.05. The molecular weight excluding hydrogens is 406 g/mol. The average Bonchev–Trinajstić information content (AvgIpc) is 3.29. The molecule has 1 amide bonds. The van der Waals surface area contributed by atoms with Gasteiger partial charge in [0.15, 0.2) is 0 Å². The van der Waals surface area contributed by atoms with Crippen molar-refractivity contribution >= 4 is 27.7 Å². The molecule has 1 N–H and O–H groups in total. The van der Waals surface area contributed by atoms with Crippen LogP contribution >= 0.6 is 11.8 Å². The average molecular weight is 434 g/mol. The second kappa shape index (κ2) is 10.2. The number of nitrogens with one attached hydrogen (secondary N) is 1. The minimum Gasteiger partial charge on any atom is -0.349 e. The van der Waals surface area contributed by atoms with Crippen molar-refractivity contribution in [2.45, 2.75) is 48.6 Å². The molecule has 1 aromatic heterocycles. The van der Waals surface area contributed by atoms with Gasteiger partial charge in [-0.25, -0.2) is 13.4 Å². The molecule has 0 spiro atoms. The number of benzene rings is 1. The highest BCUT2D eigenvalue weighted by Crippen LogP contribution is 2.23. The summed E-state index contributed by atoms with van der Waals surface area (Å²) in [4.78, 5) is 16.9. The summed E-state index contributed by atoms with van der Waals surface area (Å²) in [7, 11) is -3.46. The lowest BCUT2D eigenvalue weighted by Gasteiger charge is -2.18. The van der Waals surface area contributed by atoms with E-state index in [9.17, 15) is 13.2 Å². The van der Waals surface area contributed by atoms with Gasteiger partial charge in [0.05, 0.1) is 16.8 Å². The van der Waals surface area contributed by atoms with E-state index < -0.39 is 10.0 Å². The van der Waals surface area contributed by atoms with Gasteiger partial charge in [-0.2, -0.15) is 4.31 Å². The topological polar surface area (TPSA) is 79.4 Å². The van der Waals surface area contributed by atoms with E-state index >= 15 is 0 Å². The Balaban J connectivity index is 1.56. The Morgan fingerprint density at radius 3 is 2.52 bits per heavy atom. The molecule has 3 rings (SSSR count). The Morgan fingerprint density at radius 2 is 1.90 bits per heavy atom. The number of thioether (sulfide) groups is 1. The molecule has 1 aliphatic heterocycles. The third-order valence-corrected chi connectivity index (χ3v) is 7.70. The van der Waals surface area contributed by atoms with E-state index in [0.29, 0.717) is 18.1 Å². The molecule has 29 heavy (non-hydrogen) atoms. The zero-order valence-corrected chi connectivity index (χ0v) is 18.2. The predicted octanol–water partition coefficient (Wildman–Crippen LogP) is 3.62. The van der Waals surface area contributed by atoms with Crippen molar-refractivity contribution < 1.29 is 13.2 Å². The summed E-state index contributed by atoms with van der Waals surface area (Å²) in [5.74, 6) is 0.172. The number of nitrogens with zero attached hydrogens (tertiary/aromatic N) is 2. The van der Waals surface area contributed by atoms with Crippen molar-refractivity contribution in [3.8, 4) is 0 Å². The number of pyridine rings is 1. The number of sulfonamides is 1. The van der Waals surface area contributed by atoms with Gasteiger partial charge in [-0.05, 0) is 37.0 Å². The minimum atomic E-state index is -3.46. The first-order chi connectivity index (χ1) is 14.0. The smallest absolute Gasteiger partial charge is 0.244 e. The highest BCUT2D eigenvalue weighted by molar-refractivity contribution is 7.99. The lowest BCUT2D eigenvalue weighted by molar-refractivity contribution is -0.119. The van der Waals surface area contributed by atoms with E-state index in [1.54, 1.807) is 12.1 Å². The molecule has 0 aliphatic carbocycles. The number of aromatic nitrogens is 1. The van der Waals surface area contributed by atoms with E-state index in [-0.39, 0.29) is 22.6 Å². The highest BCUT2D eigenvalue weighted by Gasteiger charge is 2.27. The molecule has 8 heteroatoms. The maximum atomic E-state index is 12.5. The molecule has 156 valence electrons. The zero-order valence-electron chi connectivity index (χ0n) is 16.6. The van der Waals surface area contributed by atoms with E-state index in [0.717, 1.165) is 31.2 Å². The van der Waals surface area contributed by atoms with E-state index in [1.165, 1.54) is 22.3 Å². The summed E-state index contributed by atoms with van der Waals surface area (Å²) in [5, 5.41) is 3.72. The van der Waals surface area contributed by atoms with Crippen LogP contribution in [0.15, 0.2) is 58.6 Å². The number of carbonyl (C=O) groups is 1. The SMILES string of the molecule is CCCC(NC(=O)CSc1ccc(S(=O)(=O)N2CCCC2)cn1)c1ccccc1. The van der Waals surface area contributed by atoms with E-state index in [2.05, 4.69) is 17.2 Å². The van der Waals surface area contributed by atoms with Crippen molar-refractivity contribution in [1.29, 1.82) is 0 Å². The van der Waals surface area contributed by atoms with E-state index in [4.69, 9.17) is 0 Å². The molecule has 1 unspecified atom stereocenters. The van der Waals surface area contributed by atoms with Gasteiger partial charge in [0.2, 0.25) is 15.9 Å². The molecule has 2 heterocycles. The van der Waals surface area contributed by atoms with Crippen molar-refractivity contribution in [3.63, 3.8) is 0 Å². The third kappa shape index (κ3) is 5.81. The maximum Gasteiger partial charge on any atom is 0.244 e. The van der Waals surface area contributed by atoms with Crippen molar-refractivity contribution in [2.75, 3.05) is 18.8 Å². The quantitative estimate of drug-likeness (QED) is 0.611. The molecule has 1 aliphatic rings. The van der Waals surface area contributed by atoms with Gasteiger partial charge in [0, 0.05) is 19.3 Å². The number of amides is 1. The normalized spacial score (nSPS) is 15.9. The second-order valence-corrected chi connectivity index (χ2v) is 9.99. The lowest BCUT2D eigenvalue weighted by Crippen LogP contribution is -2.30. The number of hydrogen-bond acceptors (Lipinski definition) is 5. The van der Waals surface area contributed by atoms with Crippen LogP contribution in [0, 0.1) is 0 Å². The molecule has 0 radical (unpaired) electrons. The molecule has 1 fully saturated rings. The van der Waals surface area contributed by atoms with Crippen LogP contribution in [0.25, 0.3) is 0 Å². The van der Waals surface area contributed by atoms with Crippen LogP contribution < -0.4 is 5.32 Å². The van der Waals surface area contributed by atoms with Crippen LogP contribution in [0.5, 0.6) is 0 Å². The number of carbonyl (C=O) groups excluding carboxylic acids is 1. The summed E-state index contributed by atoms with van der Waals surface area (Å²) in [6, 6.07) is 13.2. The maximum absolute atomic E-state index is 12.5. The highest BCUT2D eigenvalue weighted by atomic mass is 32.2. The van der Waals surface area contributed by atoms with Crippen molar-refractivity contribution in [1.82, 2.24) is 14.6 Å². The van der Waals surface area contributed by atoms with E-state index in [1.807, 2.05) is 30.3 Å². The summed E-state index contributed by atoms with van der Waals surface area (Å²) >= 11 is 1.30. The standard InChI is InChI=1S/C21H27N3O3S2/c1-2-8-19(17-9-4-3-5-10-17)23-20(25)16-28-21-12-11-18(15-22-21)29(26,27)24-13-6-7-14-24/h3-5,9-12,15,19H,2,6-8,13-14,16H2,1H3,(H,23,25). The van der Waals surface area contributed by atoms with Gasteiger partial charge in [-0.1, -0.05) is 55.4 Å². The van der Waals surface area contributed by atoms with Gasteiger partial charge < -0.3 is 5.32 Å². The molecule has 1 saturated heterocycles. The van der Waals surface area contributed by atoms with Crippen LogP contribution in [-0.2, 0) is 14.8 Å². The Kier molecular flexibility index (Phi) is 7.69. The van der Waals surface area contributed by atoms with Gasteiger partial charge in [0.25, 0.3) is 0 Å². The van der Waals surface area contributed by atoms with Gasteiger partial charge in [-0.3, -0.25) is 4.79 Å². The fourth-order valence-corrected chi connectivity index (χ4v) is 5.47. The molecule has 1 aromatic carbocycles. The van der Waals surface area contributed by atoms with Crippen molar-refractivity contribution in [3.05, 3.63) is 54.2 Å². The largest absolute Gasteiger partial charge is 0.349 e. The lowest BCUT2D eigenvalue weighted by atomic mass is 10.0. The first-order valence-electron chi connectivity index (χ1n) is 9.94. The zero-order chi connectivity index (χ0) is 20.7. The van der Waals surface area contributed by atoms with Gasteiger partial charge in [0.1, 0.15) is 4.90 Å². The van der Waals surface area contributed by atoms with Crippen LogP contribution in [0.2, 0.25) is 0 Å². The Morgan fingerprint density at radius 1 is 1.17 bits per heavy atom. The summed E-state index contributed by atoms with van der Waals surface area (Å²) in [5.41, 5.74) is 1.10.